The summed E-state index contributed by atoms with van der Waals surface area (Å²) in [5.74, 6) is 1.13. The number of nitrogens with one attached hydrogen (secondary N) is 1. The lowest BCUT2D eigenvalue weighted by molar-refractivity contribution is 0.0235. The molecule has 0 bridgehead atoms. The fraction of sp³-hybridized carbons (Fsp3) is 0.350. The first kappa shape index (κ1) is 17.3. The summed E-state index contributed by atoms with van der Waals surface area (Å²) in [5, 5.41) is 12.8. The molecular weight excluding hydrogens is 318 g/mol. The van der Waals surface area contributed by atoms with Crippen molar-refractivity contribution in [2.45, 2.75) is 25.0 Å². The molecule has 2 aromatic rings. The molecule has 1 saturated carbocycles. The Morgan fingerprint density at radius 3 is 2.44 bits per heavy atom. The second-order valence-electron chi connectivity index (χ2n) is 6.31. The van der Waals surface area contributed by atoms with Crippen molar-refractivity contribution < 1.29 is 19.4 Å². The zero-order valence-electron chi connectivity index (χ0n) is 14.4. The van der Waals surface area contributed by atoms with E-state index in [-0.39, 0.29) is 24.0 Å². The molecule has 1 amide bonds. The Labute approximate surface area is 147 Å². The van der Waals surface area contributed by atoms with E-state index in [1.165, 1.54) is 7.11 Å². The Morgan fingerprint density at radius 1 is 1.12 bits per heavy atom. The molecule has 1 aliphatic rings. The zero-order chi connectivity index (χ0) is 17.8. The number of aliphatic hydroxyl groups excluding tert-OH is 1. The topological polar surface area (TPSA) is 67.8 Å². The van der Waals surface area contributed by atoms with Gasteiger partial charge >= 0.3 is 0 Å². The average molecular weight is 341 g/mol. The second-order valence-corrected chi connectivity index (χ2v) is 6.31. The minimum atomic E-state index is -0.274. The molecule has 0 saturated heterocycles. The summed E-state index contributed by atoms with van der Waals surface area (Å²) in [6.45, 7) is 0. The highest BCUT2D eigenvalue weighted by Crippen LogP contribution is 2.38. The third kappa shape index (κ3) is 3.77. The first-order chi connectivity index (χ1) is 12.1. The van der Waals surface area contributed by atoms with Crippen LogP contribution in [0.1, 0.15) is 34.8 Å². The molecule has 0 spiro atoms. The van der Waals surface area contributed by atoms with Gasteiger partial charge in [0.05, 0.1) is 31.9 Å². The number of rotatable bonds is 6. The van der Waals surface area contributed by atoms with Crippen LogP contribution in [0.2, 0.25) is 0 Å². The lowest BCUT2D eigenvalue weighted by Gasteiger charge is -2.38. The van der Waals surface area contributed by atoms with E-state index in [1.807, 2.05) is 30.3 Å². The second kappa shape index (κ2) is 7.57. The van der Waals surface area contributed by atoms with Crippen LogP contribution in [0.3, 0.4) is 0 Å². The summed E-state index contributed by atoms with van der Waals surface area (Å²) >= 11 is 0. The SMILES string of the molecule is COc1ccc(C(=O)NC(c2ccccc2)C2CC(O)C2)c(OC)c1. The van der Waals surface area contributed by atoms with Gasteiger partial charge in [0.1, 0.15) is 11.5 Å². The summed E-state index contributed by atoms with van der Waals surface area (Å²) < 4.78 is 10.5. The van der Waals surface area contributed by atoms with Crippen LogP contribution in [-0.4, -0.2) is 31.3 Å². The molecule has 5 heteroatoms. The van der Waals surface area contributed by atoms with Crippen molar-refractivity contribution in [1.82, 2.24) is 5.32 Å². The van der Waals surface area contributed by atoms with Gasteiger partial charge in [0.2, 0.25) is 0 Å². The van der Waals surface area contributed by atoms with Crippen LogP contribution in [0, 0.1) is 5.92 Å². The molecule has 3 rings (SSSR count). The normalized spacial score (nSPS) is 20.3. The van der Waals surface area contributed by atoms with Crippen LogP contribution in [-0.2, 0) is 0 Å². The highest BCUT2D eigenvalue weighted by atomic mass is 16.5. The van der Waals surface area contributed by atoms with Crippen molar-refractivity contribution in [3.05, 3.63) is 59.7 Å². The van der Waals surface area contributed by atoms with Crippen LogP contribution in [0.4, 0.5) is 0 Å². The number of ether oxygens (including phenoxy) is 2. The Balaban J connectivity index is 1.83. The number of aliphatic hydroxyl groups is 1. The molecule has 25 heavy (non-hydrogen) atoms. The molecule has 2 N–H and O–H groups in total. The van der Waals surface area contributed by atoms with E-state index in [0.717, 1.165) is 5.56 Å². The molecule has 0 aliphatic heterocycles. The predicted molar refractivity (Wildman–Crippen MR) is 94.9 cm³/mol. The van der Waals surface area contributed by atoms with Gasteiger partial charge in [-0.05, 0) is 36.5 Å². The van der Waals surface area contributed by atoms with E-state index in [1.54, 1.807) is 25.3 Å². The number of carbonyl (C=O) groups is 1. The quantitative estimate of drug-likeness (QED) is 0.848. The van der Waals surface area contributed by atoms with Gasteiger partial charge in [-0.1, -0.05) is 30.3 Å². The lowest BCUT2D eigenvalue weighted by Crippen LogP contribution is -2.41. The van der Waals surface area contributed by atoms with Gasteiger partial charge in [-0.3, -0.25) is 4.79 Å². The van der Waals surface area contributed by atoms with E-state index >= 15 is 0 Å². The van der Waals surface area contributed by atoms with Crippen molar-refractivity contribution in [1.29, 1.82) is 0 Å². The smallest absolute Gasteiger partial charge is 0.255 e. The van der Waals surface area contributed by atoms with E-state index in [4.69, 9.17) is 9.47 Å². The van der Waals surface area contributed by atoms with Gasteiger partial charge in [-0.25, -0.2) is 0 Å². The van der Waals surface area contributed by atoms with Crippen molar-refractivity contribution in [2.75, 3.05) is 14.2 Å². The minimum absolute atomic E-state index is 0.135. The summed E-state index contributed by atoms with van der Waals surface area (Å²) in [5.41, 5.74) is 1.50. The highest BCUT2D eigenvalue weighted by Gasteiger charge is 2.36. The van der Waals surface area contributed by atoms with Crippen LogP contribution in [0.5, 0.6) is 11.5 Å². The maximum absolute atomic E-state index is 12.8. The number of hydrogen-bond donors (Lipinski definition) is 2. The molecule has 0 aromatic heterocycles. The molecule has 0 radical (unpaired) electrons. The lowest BCUT2D eigenvalue weighted by atomic mass is 9.75. The third-order valence-corrected chi connectivity index (χ3v) is 4.72. The summed E-state index contributed by atoms with van der Waals surface area (Å²) in [6.07, 6.45) is 1.11. The van der Waals surface area contributed by atoms with Crippen LogP contribution in [0.25, 0.3) is 0 Å². The van der Waals surface area contributed by atoms with E-state index in [9.17, 15) is 9.90 Å². The van der Waals surface area contributed by atoms with Gasteiger partial charge in [0.15, 0.2) is 0 Å². The summed E-state index contributed by atoms with van der Waals surface area (Å²) in [4.78, 5) is 12.8. The Morgan fingerprint density at radius 2 is 1.84 bits per heavy atom. The van der Waals surface area contributed by atoms with E-state index < -0.39 is 0 Å². The number of carbonyl (C=O) groups excluding carboxylic acids is 1. The largest absolute Gasteiger partial charge is 0.497 e. The van der Waals surface area contributed by atoms with Crippen molar-refractivity contribution in [3.63, 3.8) is 0 Å². The minimum Gasteiger partial charge on any atom is -0.497 e. The van der Waals surface area contributed by atoms with Gasteiger partial charge in [0.25, 0.3) is 5.91 Å². The van der Waals surface area contributed by atoms with Crippen LogP contribution in [0.15, 0.2) is 48.5 Å². The molecule has 1 atom stereocenters. The average Bonchev–Trinajstić information content (AvgIpc) is 2.63. The fourth-order valence-electron chi connectivity index (χ4n) is 3.24. The van der Waals surface area contributed by atoms with Crippen molar-refractivity contribution in [2.24, 2.45) is 5.92 Å². The zero-order valence-corrected chi connectivity index (χ0v) is 14.4. The number of methoxy groups -OCH3 is 2. The number of benzene rings is 2. The molecule has 0 heterocycles. The van der Waals surface area contributed by atoms with Gasteiger partial charge in [0, 0.05) is 6.07 Å². The summed E-state index contributed by atoms with van der Waals surface area (Å²) in [7, 11) is 3.10. The number of amides is 1. The molecule has 2 aromatic carbocycles. The molecule has 1 aliphatic carbocycles. The third-order valence-electron chi connectivity index (χ3n) is 4.72. The molecule has 1 unspecified atom stereocenters. The van der Waals surface area contributed by atoms with Gasteiger partial charge in [-0.2, -0.15) is 0 Å². The van der Waals surface area contributed by atoms with E-state index in [0.29, 0.717) is 29.9 Å². The Bertz CT molecular complexity index is 726. The first-order valence-electron chi connectivity index (χ1n) is 8.38. The van der Waals surface area contributed by atoms with Crippen molar-refractivity contribution in [3.8, 4) is 11.5 Å². The molecule has 5 nitrogen and oxygen atoms in total. The highest BCUT2D eigenvalue weighted by molar-refractivity contribution is 5.97. The van der Waals surface area contributed by atoms with E-state index in [2.05, 4.69) is 5.32 Å². The summed E-state index contributed by atoms with van der Waals surface area (Å²) in [6, 6.07) is 14.9. The fourth-order valence-corrected chi connectivity index (χ4v) is 3.24. The molecular formula is C20H23NO4. The Kier molecular flexibility index (Phi) is 5.24. The predicted octanol–water partition coefficient (Wildman–Crippen LogP) is 2.95. The standard InChI is InChI=1S/C20H23NO4/c1-24-16-8-9-17(18(12-16)25-2)20(23)21-19(14-10-15(22)11-14)13-6-4-3-5-7-13/h3-9,12,14-15,19,22H,10-11H2,1-2H3,(H,21,23). The van der Waals surface area contributed by atoms with Gasteiger partial charge in [-0.15, -0.1) is 0 Å². The van der Waals surface area contributed by atoms with Crippen molar-refractivity contribution >= 4 is 5.91 Å². The monoisotopic (exact) mass is 341 g/mol. The van der Waals surface area contributed by atoms with Crippen LogP contribution >= 0.6 is 0 Å². The molecule has 1 fully saturated rings. The first-order valence-corrected chi connectivity index (χ1v) is 8.38. The number of hydrogen-bond acceptors (Lipinski definition) is 4. The molecule has 132 valence electrons. The maximum Gasteiger partial charge on any atom is 0.255 e. The van der Waals surface area contributed by atoms with Crippen LogP contribution < -0.4 is 14.8 Å². The Hall–Kier alpha value is -2.53. The van der Waals surface area contributed by atoms with Gasteiger partial charge < -0.3 is 19.9 Å². The maximum atomic E-state index is 12.8.